The van der Waals surface area contributed by atoms with Crippen molar-refractivity contribution in [3.63, 3.8) is 0 Å². The predicted octanol–water partition coefficient (Wildman–Crippen LogP) is 11.0. The van der Waals surface area contributed by atoms with Crippen molar-refractivity contribution < 1.29 is 37.3 Å². The van der Waals surface area contributed by atoms with E-state index in [-0.39, 0.29) is 25.8 Å². The van der Waals surface area contributed by atoms with Gasteiger partial charge >= 0.3 is 5.97 Å². The number of unbranched alkanes of at least 4 members (excludes halogenated alkanes) is 15. The molecule has 0 radical (unpaired) electrons. The molecule has 8 nitrogen and oxygen atoms in total. The zero-order chi connectivity index (χ0) is 37.7. The highest BCUT2D eigenvalue weighted by atomic mass is 31.2. The van der Waals surface area contributed by atoms with Gasteiger partial charge in [-0.15, -0.1) is 0 Å². The Balaban J connectivity index is 4.34. The fourth-order valence-electron chi connectivity index (χ4n) is 5.24. The summed E-state index contributed by atoms with van der Waals surface area (Å²) in [5, 5.41) is 0. The molecule has 0 saturated carbocycles. The summed E-state index contributed by atoms with van der Waals surface area (Å²) >= 11 is 0. The van der Waals surface area contributed by atoms with Crippen molar-refractivity contribution in [3.8, 4) is 0 Å². The summed E-state index contributed by atoms with van der Waals surface area (Å²) in [7, 11) is 1.33. The van der Waals surface area contributed by atoms with Gasteiger partial charge in [0.2, 0.25) is 0 Å². The maximum atomic E-state index is 12.6. The Morgan fingerprint density at radius 3 is 1.69 bits per heavy atom. The third-order valence-corrected chi connectivity index (χ3v) is 9.36. The van der Waals surface area contributed by atoms with Gasteiger partial charge in [-0.2, -0.15) is 0 Å². The number of hydrogen-bond acceptors (Lipinski definition) is 7. The molecule has 9 heteroatoms. The van der Waals surface area contributed by atoms with Crippen LogP contribution in [0.5, 0.6) is 0 Å². The molecule has 0 fully saturated rings. The molecule has 0 amide bonds. The van der Waals surface area contributed by atoms with E-state index in [0.717, 1.165) is 70.6 Å². The number of esters is 1. The van der Waals surface area contributed by atoms with Crippen molar-refractivity contribution in [3.05, 3.63) is 48.6 Å². The second kappa shape index (κ2) is 35.5. The average molecular weight is 740 g/mol. The number of carbonyl (C=O) groups is 1. The van der Waals surface area contributed by atoms with E-state index in [1.165, 1.54) is 64.2 Å². The van der Waals surface area contributed by atoms with E-state index in [2.05, 4.69) is 62.5 Å². The van der Waals surface area contributed by atoms with Gasteiger partial charge in [0.15, 0.2) is 0 Å². The van der Waals surface area contributed by atoms with E-state index in [4.69, 9.17) is 18.5 Å². The van der Waals surface area contributed by atoms with Crippen LogP contribution in [0.1, 0.15) is 155 Å². The second-order valence-corrected chi connectivity index (χ2v) is 16.0. The number of ether oxygens (including phenoxy) is 2. The minimum atomic E-state index is -4.53. The van der Waals surface area contributed by atoms with E-state index in [1.54, 1.807) is 0 Å². The van der Waals surface area contributed by atoms with Crippen LogP contribution in [0.15, 0.2) is 48.6 Å². The third kappa shape index (κ3) is 39.5. The Hall–Kier alpha value is -1.54. The zero-order valence-corrected chi connectivity index (χ0v) is 34.4. The topological polar surface area (TPSA) is 94.1 Å². The SMILES string of the molecule is CC/C=C\C/C=C\C/C=C\C/C=C\CCCCCOCC(COP(=O)([O-])OCC[N+](C)(C)C)OC(=O)CCCCCCCCCCCCCCC. The van der Waals surface area contributed by atoms with Crippen LogP contribution < -0.4 is 4.89 Å². The van der Waals surface area contributed by atoms with Crippen LogP contribution in [0.2, 0.25) is 0 Å². The van der Waals surface area contributed by atoms with Gasteiger partial charge in [-0.05, 0) is 51.4 Å². The van der Waals surface area contributed by atoms with Crippen LogP contribution >= 0.6 is 7.82 Å². The van der Waals surface area contributed by atoms with Crippen molar-refractivity contribution in [2.45, 2.75) is 161 Å². The third-order valence-electron chi connectivity index (χ3n) is 8.39. The van der Waals surface area contributed by atoms with Crippen molar-refractivity contribution >= 4 is 13.8 Å². The molecule has 0 rings (SSSR count). The average Bonchev–Trinajstić information content (AvgIpc) is 3.08. The standard InChI is InChI=1S/C42H78NO7P/c1-6-8-10-12-14-16-18-20-21-22-24-26-28-30-32-34-37-47-39-41(40-49-51(45,46)48-38-36-43(3,4)5)50-42(44)35-33-31-29-27-25-23-19-17-15-13-11-9-7-2/h8,10,14,16,20-21,24,26,41H,6-7,9,11-13,15,17-19,22-23,25,27-40H2,1-5H3/b10-8-,16-14-,21-20-,26-24-. The molecule has 0 saturated heterocycles. The Labute approximate surface area is 314 Å². The lowest BCUT2D eigenvalue weighted by atomic mass is 10.0. The number of quaternary nitrogens is 1. The van der Waals surface area contributed by atoms with Gasteiger partial charge in [0.25, 0.3) is 7.82 Å². The van der Waals surface area contributed by atoms with Crippen molar-refractivity contribution in [1.82, 2.24) is 0 Å². The first-order chi connectivity index (χ1) is 24.6. The van der Waals surface area contributed by atoms with Crippen LogP contribution in [0, 0.1) is 0 Å². The molecule has 0 aliphatic rings. The molecule has 0 spiro atoms. The van der Waals surface area contributed by atoms with E-state index in [9.17, 15) is 14.3 Å². The first-order valence-electron chi connectivity index (χ1n) is 20.4. The quantitative estimate of drug-likeness (QED) is 0.0206. The highest BCUT2D eigenvalue weighted by Gasteiger charge is 2.20. The minimum absolute atomic E-state index is 0.0190. The predicted molar refractivity (Wildman–Crippen MR) is 213 cm³/mol. The number of nitrogens with zero attached hydrogens (tertiary/aromatic N) is 1. The Morgan fingerprint density at radius 1 is 0.627 bits per heavy atom. The van der Waals surface area contributed by atoms with E-state index in [1.807, 2.05) is 21.1 Å². The summed E-state index contributed by atoms with van der Waals surface area (Å²) in [6, 6.07) is 0. The highest BCUT2D eigenvalue weighted by Crippen LogP contribution is 2.38. The first kappa shape index (κ1) is 49.5. The van der Waals surface area contributed by atoms with Crippen LogP contribution in [-0.2, 0) is 27.9 Å². The minimum Gasteiger partial charge on any atom is -0.756 e. The normalized spacial score (nSPS) is 14.4. The molecule has 0 aromatic heterocycles. The Bertz CT molecular complexity index is 957. The van der Waals surface area contributed by atoms with Gasteiger partial charge in [-0.3, -0.25) is 9.36 Å². The largest absolute Gasteiger partial charge is 0.756 e. The van der Waals surface area contributed by atoms with Crippen LogP contribution in [0.3, 0.4) is 0 Å². The lowest BCUT2D eigenvalue weighted by Crippen LogP contribution is -2.37. The summed E-state index contributed by atoms with van der Waals surface area (Å²) < 4.78 is 34.5. The number of carbonyl (C=O) groups excluding carboxylic acids is 1. The molecule has 298 valence electrons. The number of hydrogen-bond donors (Lipinski definition) is 0. The summed E-state index contributed by atoms with van der Waals surface area (Å²) in [5.74, 6) is -0.347. The van der Waals surface area contributed by atoms with E-state index < -0.39 is 13.9 Å². The molecule has 0 aliphatic carbocycles. The highest BCUT2D eigenvalue weighted by molar-refractivity contribution is 7.45. The van der Waals surface area contributed by atoms with Crippen LogP contribution in [0.4, 0.5) is 0 Å². The molecule has 0 aromatic carbocycles. The van der Waals surface area contributed by atoms with Gasteiger partial charge in [-0.1, -0.05) is 146 Å². The Kier molecular flexibility index (Phi) is 34.4. The first-order valence-corrected chi connectivity index (χ1v) is 21.8. The molecular formula is C42H78NO7P. The fourth-order valence-corrected chi connectivity index (χ4v) is 5.97. The van der Waals surface area contributed by atoms with Crippen LogP contribution in [-0.4, -0.2) is 70.7 Å². The monoisotopic (exact) mass is 740 g/mol. The van der Waals surface area contributed by atoms with E-state index in [0.29, 0.717) is 24.1 Å². The maximum absolute atomic E-state index is 12.6. The number of rotatable bonds is 37. The molecular weight excluding hydrogens is 661 g/mol. The van der Waals surface area contributed by atoms with Crippen molar-refractivity contribution in [2.24, 2.45) is 0 Å². The molecule has 0 heterocycles. The molecule has 0 aliphatic heterocycles. The molecule has 0 N–H and O–H groups in total. The van der Waals surface area contributed by atoms with Gasteiger partial charge in [0.1, 0.15) is 19.3 Å². The molecule has 0 bridgehead atoms. The molecule has 2 atom stereocenters. The van der Waals surface area contributed by atoms with Crippen molar-refractivity contribution in [1.29, 1.82) is 0 Å². The Morgan fingerprint density at radius 2 is 1.14 bits per heavy atom. The van der Waals surface area contributed by atoms with Gasteiger partial charge in [-0.25, -0.2) is 0 Å². The number of allylic oxidation sites excluding steroid dienone is 8. The number of likely N-dealkylation sites (N-methyl/N-ethyl adjacent to an activating group) is 1. The second-order valence-electron chi connectivity index (χ2n) is 14.6. The van der Waals surface area contributed by atoms with Gasteiger partial charge in [0, 0.05) is 13.0 Å². The number of phosphoric ester groups is 1. The summed E-state index contributed by atoms with van der Waals surface area (Å²) in [5.41, 5.74) is 0. The van der Waals surface area contributed by atoms with Gasteiger partial charge < -0.3 is 27.9 Å². The van der Waals surface area contributed by atoms with E-state index >= 15 is 0 Å². The molecule has 51 heavy (non-hydrogen) atoms. The molecule has 0 aromatic rings. The van der Waals surface area contributed by atoms with Gasteiger partial charge in [0.05, 0.1) is 34.4 Å². The maximum Gasteiger partial charge on any atom is 0.306 e. The summed E-state index contributed by atoms with van der Waals surface area (Å²) in [6.07, 6.45) is 41.2. The summed E-state index contributed by atoms with van der Waals surface area (Å²) in [6.45, 7) is 5.21. The number of phosphoric acid groups is 1. The zero-order valence-electron chi connectivity index (χ0n) is 33.5. The fraction of sp³-hybridized carbons (Fsp3) is 0.786. The van der Waals surface area contributed by atoms with Crippen molar-refractivity contribution in [2.75, 3.05) is 54.1 Å². The lowest BCUT2D eigenvalue weighted by molar-refractivity contribution is -0.870. The van der Waals surface area contributed by atoms with Crippen LogP contribution in [0.25, 0.3) is 0 Å². The summed E-state index contributed by atoms with van der Waals surface area (Å²) in [4.78, 5) is 25.0. The smallest absolute Gasteiger partial charge is 0.306 e. The molecule has 2 unspecified atom stereocenters. The lowest BCUT2D eigenvalue weighted by Gasteiger charge is -2.28.